The Hall–Kier alpha value is -2.54. The Bertz CT molecular complexity index is 890. The molecule has 0 amide bonds. The predicted molar refractivity (Wildman–Crippen MR) is 100 cm³/mol. The van der Waals surface area contributed by atoms with E-state index < -0.39 is 0 Å². The van der Waals surface area contributed by atoms with E-state index in [0.29, 0.717) is 27.9 Å². The number of halogens is 1. The molecule has 2 aromatic heterocycles. The van der Waals surface area contributed by atoms with Crippen molar-refractivity contribution in [1.82, 2.24) is 19.6 Å². The smallest absolute Gasteiger partial charge is 0.256 e. The van der Waals surface area contributed by atoms with Gasteiger partial charge in [-0.3, -0.25) is 0 Å². The van der Waals surface area contributed by atoms with Crippen LogP contribution in [-0.4, -0.2) is 32.7 Å². The molecule has 1 aromatic carbocycles. The molecule has 3 N–H and O–H groups in total. The summed E-state index contributed by atoms with van der Waals surface area (Å²) >= 11 is 6.48. The molecule has 0 unspecified atom stereocenters. The van der Waals surface area contributed by atoms with Crippen LogP contribution in [0.2, 0.25) is 5.02 Å². The van der Waals surface area contributed by atoms with Gasteiger partial charge in [0.25, 0.3) is 5.78 Å². The van der Waals surface area contributed by atoms with Gasteiger partial charge < -0.3 is 15.8 Å². The van der Waals surface area contributed by atoms with E-state index in [1.54, 1.807) is 17.7 Å². The van der Waals surface area contributed by atoms with Crippen molar-refractivity contribution in [2.75, 3.05) is 18.2 Å². The van der Waals surface area contributed by atoms with Crippen LogP contribution in [-0.2, 0) is 0 Å². The molecule has 2 heterocycles. The number of anilines is 2. The second-order valence-corrected chi connectivity index (χ2v) is 6.10. The molecular weight excluding hydrogens is 340 g/mol. The second kappa shape index (κ2) is 7.14. The standard InChI is InChI=1S/C17H21ClN6O/c1-4-10(5-2)22-16-14(12-7-6-11(25-3)8-13(12)18)15(19)23-17-20-9-21-24(16)17/h6-10,22H,4-5H2,1-3H3,(H2,19,20,21,23). The van der Waals surface area contributed by atoms with Crippen LogP contribution in [0.4, 0.5) is 11.6 Å². The Balaban J connectivity index is 2.24. The first-order chi connectivity index (χ1) is 12.1. The third-order valence-electron chi connectivity index (χ3n) is 4.23. The minimum absolute atomic E-state index is 0.268. The SMILES string of the molecule is CCC(CC)Nc1c(-c2ccc(OC)cc2Cl)c(N)nc2ncnn12. The highest BCUT2D eigenvalue weighted by atomic mass is 35.5. The quantitative estimate of drug-likeness (QED) is 0.697. The maximum atomic E-state index is 6.48. The molecular formula is C17H21ClN6O. The van der Waals surface area contributed by atoms with Gasteiger partial charge in [-0.05, 0) is 31.0 Å². The van der Waals surface area contributed by atoms with Gasteiger partial charge in [0.1, 0.15) is 23.7 Å². The maximum absolute atomic E-state index is 6.48. The first kappa shape index (κ1) is 17.3. The lowest BCUT2D eigenvalue weighted by atomic mass is 10.1. The second-order valence-electron chi connectivity index (χ2n) is 5.70. The van der Waals surface area contributed by atoms with Gasteiger partial charge >= 0.3 is 0 Å². The molecule has 25 heavy (non-hydrogen) atoms. The van der Waals surface area contributed by atoms with Crippen molar-refractivity contribution in [2.45, 2.75) is 32.7 Å². The average Bonchev–Trinajstić information content (AvgIpc) is 3.08. The number of benzene rings is 1. The fourth-order valence-corrected chi connectivity index (χ4v) is 3.04. The predicted octanol–water partition coefficient (Wildman–Crippen LogP) is 3.64. The minimum Gasteiger partial charge on any atom is -0.497 e. The van der Waals surface area contributed by atoms with Gasteiger partial charge in [-0.15, -0.1) is 0 Å². The van der Waals surface area contributed by atoms with Crippen molar-refractivity contribution in [3.05, 3.63) is 29.5 Å². The zero-order chi connectivity index (χ0) is 18.0. The van der Waals surface area contributed by atoms with Crippen molar-refractivity contribution in [3.8, 4) is 16.9 Å². The third-order valence-corrected chi connectivity index (χ3v) is 4.54. The number of fused-ring (bicyclic) bond motifs is 1. The topological polar surface area (TPSA) is 90.4 Å². The Morgan fingerprint density at radius 3 is 2.72 bits per heavy atom. The molecule has 0 aliphatic rings. The molecule has 0 aliphatic heterocycles. The summed E-state index contributed by atoms with van der Waals surface area (Å²) in [6.45, 7) is 4.26. The molecule has 132 valence electrons. The summed E-state index contributed by atoms with van der Waals surface area (Å²) in [4.78, 5) is 8.50. The van der Waals surface area contributed by atoms with Crippen LogP contribution in [0.15, 0.2) is 24.5 Å². The van der Waals surface area contributed by atoms with Gasteiger partial charge in [-0.2, -0.15) is 19.6 Å². The van der Waals surface area contributed by atoms with Crippen LogP contribution in [0.5, 0.6) is 5.75 Å². The molecule has 0 saturated heterocycles. The molecule has 0 aliphatic carbocycles. The van der Waals surface area contributed by atoms with E-state index in [1.165, 1.54) is 6.33 Å². The number of hydrogen-bond donors (Lipinski definition) is 2. The molecule has 3 rings (SSSR count). The normalized spacial score (nSPS) is 11.2. The Labute approximate surface area is 151 Å². The lowest BCUT2D eigenvalue weighted by Crippen LogP contribution is -2.21. The molecule has 3 aromatic rings. The number of methoxy groups -OCH3 is 1. The van der Waals surface area contributed by atoms with E-state index in [-0.39, 0.29) is 6.04 Å². The summed E-state index contributed by atoms with van der Waals surface area (Å²) in [5.41, 5.74) is 7.72. The zero-order valence-corrected chi connectivity index (χ0v) is 15.2. The summed E-state index contributed by atoms with van der Waals surface area (Å²) in [7, 11) is 1.60. The average molecular weight is 361 g/mol. The fraction of sp³-hybridized carbons (Fsp3) is 0.353. The molecule has 0 fully saturated rings. The van der Waals surface area contributed by atoms with E-state index >= 15 is 0 Å². The van der Waals surface area contributed by atoms with Crippen molar-refractivity contribution in [2.24, 2.45) is 0 Å². The molecule has 0 atom stereocenters. The highest BCUT2D eigenvalue weighted by Crippen LogP contribution is 2.39. The first-order valence-corrected chi connectivity index (χ1v) is 8.56. The summed E-state index contributed by atoms with van der Waals surface area (Å²) in [5, 5.41) is 8.34. The van der Waals surface area contributed by atoms with Crippen LogP contribution in [0, 0.1) is 0 Å². The summed E-state index contributed by atoms with van der Waals surface area (Å²) < 4.78 is 6.89. The van der Waals surface area contributed by atoms with Crippen LogP contribution < -0.4 is 15.8 Å². The van der Waals surface area contributed by atoms with E-state index in [4.69, 9.17) is 22.1 Å². The Morgan fingerprint density at radius 1 is 1.32 bits per heavy atom. The highest BCUT2D eigenvalue weighted by molar-refractivity contribution is 6.33. The number of nitrogen functional groups attached to an aromatic ring is 1. The number of nitrogens with two attached hydrogens (primary N) is 1. The Morgan fingerprint density at radius 2 is 2.08 bits per heavy atom. The number of nitrogens with one attached hydrogen (secondary N) is 1. The largest absolute Gasteiger partial charge is 0.497 e. The summed E-state index contributed by atoms with van der Waals surface area (Å²) in [6, 6.07) is 5.73. The van der Waals surface area contributed by atoms with E-state index in [1.807, 2.05) is 12.1 Å². The maximum Gasteiger partial charge on any atom is 0.256 e. The summed E-state index contributed by atoms with van der Waals surface area (Å²) in [6.07, 6.45) is 3.38. The van der Waals surface area contributed by atoms with Gasteiger partial charge in [-0.1, -0.05) is 25.4 Å². The monoisotopic (exact) mass is 360 g/mol. The number of hydrogen-bond acceptors (Lipinski definition) is 6. The molecule has 0 bridgehead atoms. The van der Waals surface area contributed by atoms with Gasteiger partial charge in [0, 0.05) is 11.6 Å². The first-order valence-electron chi connectivity index (χ1n) is 8.18. The molecule has 7 nitrogen and oxygen atoms in total. The number of nitrogens with zero attached hydrogens (tertiary/aromatic N) is 4. The zero-order valence-electron chi connectivity index (χ0n) is 14.5. The van der Waals surface area contributed by atoms with Crippen LogP contribution in [0.1, 0.15) is 26.7 Å². The van der Waals surface area contributed by atoms with Gasteiger partial charge in [0.15, 0.2) is 0 Å². The molecule has 0 spiro atoms. The molecule has 8 heteroatoms. The van der Waals surface area contributed by atoms with E-state index in [9.17, 15) is 0 Å². The lowest BCUT2D eigenvalue weighted by molar-refractivity contribution is 0.415. The van der Waals surface area contributed by atoms with Gasteiger partial charge in [0.2, 0.25) is 0 Å². The third kappa shape index (κ3) is 3.19. The van der Waals surface area contributed by atoms with Crippen LogP contribution in [0.3, 0.4) is 0 Å². The van der Waals surface area contributed by atoms with Crippen molar-refractivity contribution < 1.29 is 4.74 Å². The summed E-state index contributed by atoms with van der Waals surface area (Å²) in [5.74, 6) is 2.21. The number of rotatable bonds is 6. The number of aromatic nitrogens is 4. The minimum atomic E-state index is 0.268. The lowest BCUT2D eigenvalue weighted by Gasteiger charge is -2.21. The number of ether oxygens (including phenoxy) is 1. The van der Waals surface area contributed by atoms with Crippen molar-refractivity contribution >= 4 is 29.0 Å². The van der Waals surface area contributed by atoms with Crippen LogP contribution in [0.25, 0.3) is 16.9 Å². The highest BCUT2D eigenvalue weighted by Gasteiger charge is 2.20. The van der Waals surface area contributed by atoms with Crippen molar-refractivity contribution in [3.63, 3.8) is 0 Å². The van der Waals surface area contributed by atoms with Gasteiger partial charge in [0.05, 0.1) is 17.7 Å². The van der Waals surface area contributed by atoms with E-state index in [2.05, 4.69) is 34.2 Å². The van der Waals surface area contributed by atoms with E-state index in [0.717, 1.165) is 24.2 Å². The molecule has 0 saturated carbocycles. The Kier molecular flexibility index (Phi) is 4.94. The van der Waals surface area contributed by atoms with Crippen LogP contribution >= 0.6 is 11.6 Å². The van der Waals surface area contributed by atoms with Gasteiger partial charge in [-0.25, -0.2) is 0 Å². The van der Waals surface area contributed by atoms with Crippen molar-refractivity contribution in [1.29, 1.82) is 0 Å². The fourth-order valence-electron chi connectivity index (χ4n) is 2.77. The molecule has 0 radical (unpaired) electrons.